The average Bonchev–Trinajstić information content (AvgIpc) is 3.63. The number of carbonyl (C=O) groups excluding carboxylic acids is 1. The molecule has 4 aromatic rings. The van der Waals surface area contributed by atoms with E-state index in [1.807, 2.05) is 4.90 Å². The number of para-hydroxylation sites is 2. The maximum absolute atomic E-state index is 14.1. The summed E-state index contributed by atoms with van der Waals surface area (Å²) in [5.41, 5.74) is 1.69. The van der Waals surface area contributed by atoms with Gasteiger partial charge in [0.15, 0.2) is 5.82 Å². The van der Waals surface area contributed by atoms with Crippen molar-refractivity contribution in [3.8, 4) is 5.82 Å². The van der Waals surface area contributed by atoms with Crippen molar-refractivity contribution >= 4 is 28.7 Å². The van der Waals surface area contributed by atoms with Crippen LogP contribution in [0.4, 0.5) is 24.9 Å². The number of ether oxygens (including phenoxy) is 1. The zero-order chi connectivity index (χ0) is 28.5. The highest BCUT2D eigenvalue weighted by atomic mass is 19.3. The lowest BCUT2D eigenvalue weighted by Gasteiger charge is -2.28. The molecule has 1 N–H and O–H groups in total. The molecule has 2 aromatic heterocycles. The summed E-state index contributed by atoms with van der Waals surface area (Å²) in [6.45, 7) is 5.44. The molecule has 4 heterocycles. The van der Waals surface area contributed by atoms with Gasteiger partial charge in [0, 0.05) is 44.4 Å². The number of morpholine rings is 1. The van der Waals surface area contributed by atoms with Gasteiger partial charge in [-0.3, -0.25) is 9.36 Å². The second-order valence-corrected chi connectivity index (χ2v) is 10.3. The van der Waals surface area contributed by atoms with E-state index >= 15 is 0 Å². The van der Waals surface area contributed by atoms with E-state index in [4.69, 9.17) is 9.72 Å². The molecule has 0 bridgehead atoms. The number of carbonyl (C=O) groups is 1. The van der Waals surface area contributed by atoms with Crippen LogP contribution in [0.5, 0.6) is 0 Å². The number of amides is 1. The summed E-state index contributed by atoms with van der Waals surface area (Å²) >= 11 is 0. The predicted molar refractivity (Wildman–Crippen MR) is 148 cm³/mol. The van der Waals surface area contributed by atoms with E-state index in [0.717, 1.165) is 6.42 Å². The number of likely N-dealkylation sites (tertiary alicyclic amines) is 1. The molecule has 214 valence electrons. The zero-order valence-electron chi connectivity index (χ0n) is 22.6. The van der Waals surface area contributed by atoms with Crippen molar-refractivity contribution in [3.63, 3.8) is 0 Å². The van der Waals surface area contributed by atoms with Crippen molar-refractivity contribution in [2.45, 2.75) is 19.8 Å². The fraction of sp³-hybridized carbons (Fsp3) is 0.379. The Morgan fingerprint density at radius 3 is 2.63 bits per heavy atom. The van der Waals surface area contributed by atoms with Crippen LogP contribution in [0.1, 0.15) is 34.6 Å². The van der Waals surface area contributed by atoms with Crippen LogP contribution in [0.3, 0.4) is 0 Å². The van der Waals surface area contributed by atoms with E-state index in [1.54, 1.807) is 54.3 Å². The van der Waals surface area contributed by atoms with Crippen molar-refractivity contribution in [2.24, 2.45) is 5.92 Å². The Bertz CT molecular complexity index is 1570. The molecule has 0 aliphatic carbocycles. The lowest BCUT2D eigenvalue weighted by atomic mass is 10.1. The molecule has 6 rings (SSSR count). The highest BCUT2D eigenvalue weighted by molar-refractivity contribution is 5.95. The molecule has 2 saturated heterocycles. The van der Waals surface area contributed by atoms with Crippen LogP contribution in [-0.4, -0.2) is 76.3 Å². The van der Waals surface area contributed by atoms with Crippen LogP contribution >= 0.6 is 0 Å². The first-order chi connectivity index (χ1) is 19.9. The third-order valence-corrected chi connectivity index (χ3v) is 7.67. The summed E-state index contributed by atoms with van der Waals surface area (Å²) in [6.07, 6.45) is -2.05. The Morgan fingerprint density at radius 1 is 1.05 bits per heavy atom. The molecule has 2 aliphatic rings. The Morgan fingerprint density at radius 2 is 1.83 bits per heavy atom. The standard InChI is InChI=1S/C29H30F3N7O2/c1-18-20(5-4-6-21(18)30)28(40)38-10-9-19(17-38)16-33-29-35-24(37-11-13-41-14-12-37)15-25(36-29)39-23-8-3-2-7-22(23)34-27(39)26(31)32/h2-8,15,19,26H,9-14,16-17H2,1H3,(H,33,35,36). The summed E-state index contributed by atoms with van der Waals surface area (Å²) < 4.78 is 49.1. The molecule has 2 aromatic carbocycles. The van der Waals surface area contributed by atoms with Crippen molar-refractivity contribution in [1.29, 1.82) is 0 Å². The molecule has 0 radical (unpaired) electrons. The van der Waals surface area contributed by atoms with E-state index in [-0.39, 0.29) is 23.5 Å². The third-order valence-electron chi connectivity index (χ3n) is 7.67. The van der Waals surface area contributed by atoms with Gasteiger partial charge in [0.25, 0.3) is 12.3 Å². The number of aromatic nitrogens is 4. The second-order valence-electron chi connectivity index (χ2n) is 10.3. The molecule has 1 amide bonds. The van der Waals surface area contributed by atoms with Crippen LogP contribution in [0.15, 0.2) is 48.5 Å². The molecule has 12 heteroatoms. The maximum Gasteiger partial charge on any atom is 0.296 e. The van der Waals surface area contributed by atoms with E-state index in [1.165, 1.54) is 10.6 Å². The number of halogens is 3. The number of hydrogen-bond donors (Lipinski definition) is 1. The normalized spacial score (nSPS) is 17.5. The lowest BCUT2D eigenvalue weighted by Crippen LogP contribution is -2.37. The number of alkyl halides is 2. The minimum absolute atomic E-state index is 0.109. The van der Waals surface area contributed by atoms with Crippen LogP contribution in [-0.2, 0) is 4.74 Å². The molecular formula is C29H30F3N7O2. The molecule has 2 aliphatic heterocycles. The fourth-order valence-corrected chi connectivity index (χ4v) is 5.43. The van der Waals surface area contributed by atoms with Gasteiger partial charge in [-0.05, 0) is 49.1 Å². The Hall–Kier alpha value is -4.19. The van der Waals surface area contributed by atoms with Gasteiger partial charge in [0.05, 0.1) is 24.2 Å². The number of nitrogens with one attached hydrogen (secondary N) is 1. The molecule has 0 saturated carbocycles. The fourth-order valence-electron chi connectivity index (χ4n) is 5.43. The zero-order valence-corrected chi connectivity index (χ0v) is 22.6. The van der Waals surface area contributed by atoms with Gasteiger partial charge in [-0.2, -0.15) is 9.97 Å². The topological polar surface area (TPSA) is 88.4 Å². The summed E-state index contributed by atoms with van der Waals surface area (Å²) in [4.78, 5) is 30.3. The van der Waals surface area contributed by atoms with Gasteiger partial charge in [-0.1, -0.05) is 18.2 Å². The van der Waals surface area contributed by atoms with Crippen LogP contribution in [0.2, 0.25) is 0 Å². The van der Waals surface area contributed by atoms with Gasteiger partial charge in [0.1, 0.15) is 17.5 Å². The van der Waals surface area contributed by atoms with E-state index in [9.17, 15) is 18.0 Å². The summed E-state index contributed by atoms with van der Waals surface area (Å²) in [7, 11) is 0. The summed E-state index contributed by atoms with van der Waals surface area (Å²) in [5, 5.41) is 3.29. The van der Waals surface area contributed by atoms with Gasteiger partial charge in [-0.15, -0.1) is 0 Å². The average molecular weight is 566 g/mol. The Kier molecular flexibility index (Phi) is 7.48. The first-order valence-corrected chi connectivity index (χ1v) is 13.6. The first kappa shape index (κ1) is 27.0. The van der Waals surface area contributed by atoms with Crippen molar-refractivity contribution < 1.29 is 22.7 Å². The summed E-state index contributed by atoms with van der Waals surface area (Å²) in [6, 6.07) is 13.2. The monoisotopic (exact) mass is 565 g/mol. The van der Waals surface area contributed by atoms with Crippen LogP contribution in [0.25, 0.3) is 16.9 Å². The van der Waals surface area contributed by atoms with Gasteiger partial charge < -0.3 is 19.9 Å². The number of benzene rings is 2. The van der Waals surface area contributed by atoms with Gasteiger partial charge in [0.2, 0.25) is 5.95 Å². The van der Waals surface area contributed by atoms with Crippen LogP contribution in [0, 0.1) is 18.7 Å². The van der Waals surface area contributed by atoms with Gasteiger partial charge in [-0.25, -0.2) is 18.2 Å². The largest absolute Gasteiger partial charge is 0.378 e. The number of rotatable bonds is 7. The SMILES string of the molecule is Cc1c(F)cccc1C(=O)N1CCC(CNc2nc(N3CCOCC3)cc(-n3c(C(F)F)nc4ccccc43)n2)C1. The molecular weight excluding hydrogens is 535 g/mol. The van der Waals surface area contributed by atoms with E-state index in [0.29, 0.717) is 79.9 Å². The molecule has 1 unspecified atom stereocenters. The minimum atomic E-state index is -2.80. The van der Waals surface area contributed by atoms with Crippen LogP contribution < -0.4 is 10.2 Å². The minimum Gasteiger partial charge on any atom is -0.378 e. The molecule has 9 nitrogen and oxygen atoms in total. The summed E-state index contributed by atoms with van der Waals surface area (Å²) in [5.74, 6) is 0.319. The molecule has 0 spiro atoms. The molecule has 2 fully saturated rings. The number of fused-ring (bicyclic) bond motifs is 1. The second kappa shape index (κ2) is 11.4. The Labute approximate surface area is 235 Å². The predicted octanol–water partition coefficient (Wildman–Crippen LogP) is 4.61. The van der Waals surface area contributed by atoms with E-state index in [2.05, 4.69) is 15.3 Å². The highest BCUT2D eigenvalue weighted by Crippen LogP contribution is 2.29. The quantitative estimate of drug-likeness (QED) is 0.350. The molecule has 41 heavy (non-hydrogen) atoms. The number of hydrogen-bond acceptors (Lipinski definition) is 7. The van der Waals surface area contributed by atoms with Gasteiger partial charge >= 0.3 is 0 Å². The maximum atomic E-state index is 14.1. The highest BCUT2D eigenvalue weighted by Gasteiger charge is 2.29. The first-order valence-electron chi connectivity index (χ1n) is 13.6. The van der Waals surface area contributed by atoms with Crippen molar-refractivity contribution in [2.75, 3.05) is 56.2 Å². The number of anilines is 2. The Balaban J connectivity index is 1.26. The molecule has 1 atom stereocenters. The van der Waals surface area contributed by atoms with Crippen molar-refractivity contribution in [1.82, 2.24) is 24.4 Å². The smallest absolute Gasteiger partial charge is 0.296 e. The third kappa shape index (κ3) is 5.43. The van der Waals surface area contributed by atoms with E-state index < -0.39 is 12.2 Å². The number of nitrogens with zero attached hydrogens (tertiary/aromatic N) is 6. The number of imidazole rings is 1. The van der Waals surface area contributed by atoms with Crippen molar-refractivity contribution in [3.05, 3.63) is 71.3 Å². The lowest BCUT2D eigenvalue weighted by molar-refractivity contribution is 0.0786.